The van der Waals surface area contributed by atoms with Crippen LogP contribution >= 0.6 is 0 Å². The molecule has 0 aliphatic heterocycles. The second-order valence-electron chi connectivity index (χ2n) is 7.31. The van der Waals surface area contributed by atoms with Crippen molar-refractivity contribution < 1.29 is 34.6 Å². The van der Waals surface area contributed by atoms with Crippen molar-refractivity contribution in [1.82, 2.24) is 4.90 Å². The Morgan fingerprint density at radius 3 is 1.97 bits per heavy atom. The van der Waals surface area contributed by atoms with Crippen LogP contribution in [-0.2, 0) is 14.4 Å². The molecule has 0 heterocycles. The zero-order valence-electron chi connectivity index (χ0n) is 16.5. The van der Waals surface area contributed by atoms with Gasteiger partial charge in [0.1, 0.15) is 6.04 Å². The number of nitro benzene ring substituents is 1. The number of non-ortho nitro benzene ring substituents is 1. The van der Waals surface area contributed by atoms with E-state index in [2.05, 4.69) is 0 Å². The molecule has 0 amide bonds. The van der Waals surface area contributed by atoms with Gasteiger partial charge < -0.3 is 20.2 Å². The van der Waals surface area contributed by atoms with Gasteiger partial charge in [-0.2, -0.15) is 0 Å². The normalized spacial score (nSPS) is 19.8. The smallest absolute Gasteiger partial charge is 0.326 e. The molecule has 1 aliphatic rings. The van der Waals surface area contributed by atoms with Gasteiger partial charge in [0.15, 0.2) is 0 Å². The minimum atomic E-state index is -1.17. The van der Waals surface area contributed by atoms with Crippen molar-refractivity contribution in [3.8, 4) is 0 Å². The molecule has 3 atom stereocenters. The van der Waals surface area contributed by atoms with E-state index in [0.717, 1.165) is 12.8 Å². The number of nitrogens with zero attached hydrogens (tertiary/aromatic N) is 3. The maximum Gasteiger partial charge on any atom is 0.326 e. The fourth-order valence-electron chi connectivity index (χ4n) is 4.05. The van der Waals surface area contributed by atoms with Gasteiger partial charge in [0, 0.05) is 29.9 Å². The van der Waals surface area contributed by atoms with Crippen LogP contribution in [0.3, 0.4) is 0 Å². The largest absolute Gasteiger partial charge is 0.480 e. The number of rotatable bonds is 10. The summed E-state index contributed by atoms with van der Waals surface area (Å²) in [6.07, 6.45) is 2.58. The van der Waals surface area contributed by atoms with Crippen LogP contribution in [0.25, 0.3) is 0 Å². The van der Waals surface area contributed by atoms with Crippen molar-refractivity contribution in [2.24, 2.45) is 0 Å². The van der Waals surface area contributed by atoms with Crippen molar-refractivity contribution in [2.75, 3.05) is 18.0 Å². The molecule has 1 saturated carbocycles. The Labute approximate surface area is 172 Å². The van der Waals surface area contributed by atoms with Crippen LogP contribution in [0, 0.1) is 10.1 Å². The molecule has 1 aliphatic carbocycles. The van der Waals surface area contributed by atoms with E-state index in [9.17, 15) is 39.8 Å². The van der Waals surface area contributed by atoms with E-state index in [1.54, 1.807) is 4.90 Å². The Morgan fingerprint density at radius 1 is 1.03 bits per heavy atom. The van der Waals surface area contributed by atoms with Crippen LogP contribution in [0.15, 0.2) is 24.3 Å². The van der Waals surface area contributed by atoms with Gasteiger partial charge in [-0.15, -0.1) is 0 Å². The molecule has 0 radical (unpaired) electrons. The highest BCUT2D eigenvalue weighted by atomic mass is 16.6. The number of benzene rings is 1. The van der Waals surface area contributed by atoms with E-state index in [0.29, 0.717) is 18.5 Å². The topological polar surface area (TPSA) is 162 Å². The molecule has 11 heteroatoms. The molecule has 3 unspecified atom stereocenters. The second kappa shape index (κ2) is 10.0. The van der Waals surface area contributed by atoms with E-state index < -0.39 is 54.0 Å². The first kappa shape index (κ1) is 23.1. The molecule has 30 heavy (non-hydrogen) atoms. The van der Waals surface area contributed by atoms with Crippen molar-refractivity contribution in [3.63, 3.8) is 0 Å². The molecule has 11 nitrogen and oxygen atoms in total. The molecule has 1 aromatic rings. The molecule has 1 fully saturated rings. The summed E-state index contributed by atoms with van der Waals surface area (Å²) in [7, 11) is 0. The zero-order chi connectivity index (χ0) is 22.4. The third-order valence-corrected chi connectivity index (χ3v) is 5.33. The number of carboxylic acids is 3. The average Bonchev–Trinajstić information content (AvgIpc) is 2.67. The predicted molar refractivity (Wildman–Crippen MR) is 106 cm³/mol. The van der Waals surface area contributed by atoms with Gasteiger partial charge in [-0.1, -0.05) is 12.8 Å². The van der Waals surface area contributed by atoms with Gasteiger partial charge >= 0.3 is 17.9 Å². The van der Waals surface area contributed by atoms with Crippen LogP contribution in [0.2, 0.25) is 0 Å². The lowest BCUT2D eigenvalue weighted by atomic mass is 9.86. The van der Waals surface area contributed by atoms with Crippen LogP contribution in [0.1, 0.15) is 32.6 Å². The third-order valence-electron chi connectivity index (χ3n) is 5.33. The van der Waals surface area contributed by atoms with Gasteiger partial charge in [-0.3, -0.25) is 24.6 Å². The molecule has 3 N–H and O–H groups in total. The van der Waals surface area contributed by atoms with E-state index in [1.807, 2.05) is 0 Å². The van der Waals surface area contributed by atoms with E-state index in [-0.39, 0.29) is 5.69 Å². The Hall–Kier alpha value is -3.21. The van der Waals surface area contributed by atoms with Gasteiger partial charge in [0.05, 0.1) is 18.0 Å². The summed E-state index contributed by atoms with van der Waals surface area (Å²) in [6.45, 7) is 0.514. The van der Waals surface area contributed by atoms with Gasteiger partial charge in [0.2, 0.25) is 0 Å². The monoisotopic (exact) mass is 423 g/mol. The third kappa shape index (κ3) is 5.66. The minimum absolute atomic E-state index is 0.139. The Bertz CT molecular complexity index is 781. The number of nitro groups is 1. The molecular weight excluding hydrogens is 398 g/mol. The Kier molecular flexibility index (Phi) is 7.70. The van der Waals surface area contributed by atoms with E-state index in [1.165, 1.54) is 36.1 Å². The lowest BCUT2D eigenvalue weighted by molar-refractivity contribution is -0.384. The van der Waals surface area contributed by atoms with Crippen molar-refractivity contribution >= 4 is 29.3 Å². The van der Waals surface area contributed by atoms with Crippen molar-refractivity contribution in [3.05, 3.63) is 34.4 Å². The molecule has 164 valence electrons. The van der Waals surface area contributed by atoms with Gasteiger partial charge in [-0.05, 0) is 31.9 Å². The van der Waals surface area contributed by atoms with Crippen molar-refractivity contribution in [1.29, 1.82) is 0 Å². The highest BCUT2D eigenvalue weighted by Crippen LogP contribution is 2.33. The average molecular weight is 423 g/mol. The number of aliphatic carboxylic acids is 3. The predicted octanol–water partition coefficient (Wildman–Crippen LogP) is 1.66. The Balaban J connectivity index is 2.46. The number of carboxylic acid groups (broad SMARTS) is 3. The van der Waals surface area contributed by atoms with E-state index in [4.69, 9.17) is 0 Å². The number of anilines is 1. The highest BCUT2D eigenvalue weighted by molar-refractivity contribution is 5.78. The standard InChI is InChI=1S/C19H25N3O8/c1-12(19(27)28)21(13-6-8-14(9-7-13)22(29)30)16-5-3-2-4-15(16)20(10-17(23)24)11-18(25)26/h6-9,12,15-16H,2-5,10-11H2,1H3,(H,23,24)(H,25,26)(H,27,28). The fourth-order valence-corrected chi connectivity index (χ4v) is 4.05. The molecule has 1 aromatic carbocycles. The number of hydrogen-bond donors (Lipinski definition) is 3. The molecule has 2 rings (SSSR count). The van der Waals surface area contributed by atoms with Crippen LogP contribution in [-0.4, -0.2) is 74.3 Å². The maximum atomic E-state index is 11.8. The summed E-state index contributed by atoms with van der Waals surface area (Å²) in [5, 5.41) is 39.1. The number of hydrogen-bond acceptors (Lipinski definition) is 7. The van der Waals surface area contributed by atoms with E-state index >= 15 is 0 Å². The summed E-state index contributed by atoms with van der Waals surface area (Å²) >= 11 is 0. The van der Waals surface area contributed by atoms with Crippen molar-refractivity contribution in [2.45, 2.75) is 50.7 Å². The summed E-state index contributed by atoms with van der Waals surface area (Å²) < 4.78 is 0. The van der Waals surface area contributed by atoms with Gasteiger partial charge in [-0.25, -0.2) is 4.79 Å². The van der Waals surface area contributed by atoms with Crippen LogP contribution in [0.4, 0.5) is 11.4 Å². The maximum absolute atomic E-state index is 11.8. The first-order valence-corrected chi connectivity index (χ1v) is 9.55. The summed E-state index contributed by atoms with van der Waals surface area (Å²) in [5.41, 5.74) is 0.304. The lowest BCUT2D eigenvalue weighted by Gasteiger charge is -2.46. The van der Waals surface area contributed by atoms with Crippen LogP contribution in [0.5, 0.6) is 0 Å². The zero-order valence-corrected chi connectivity index (χ0v) is 16.5. The lowest BCUT2D eigenvalue weighted by Crippen LogP contribution is -2.59. The number of carbonyl (C=O) groups is 3. The Morgan fingerprint density at radius 2 is 1.53 bits per heavy atom. The summed E-state index contributed by atoms with van der Waals surface area (Å²) in [5.74, 6) is -3.46. The first-order valence-electron chi connectivity index (χ1n) is 9.55. The fraction of sp³-hybridized carbons (Fsp3) is 0.526. The quantitative estimate of drug-likeness (QED) is 0.373. The first-order chi connectivity index (χ1) is 14.1. The molecule has 0 bridgehead atoms. The summed E-state index contributed by atoms with van der Waals surface area (Å²) in [6, 6.07) is 3.51. The molecule has 0 spiro atoms. The molecule has 0 saturated heterocycles. The summed E-state index contributed by atoms with van der Waals surface area (Å²) in [4.78, 5) is 47.8. The van der Waals surface area contributed by atoms with Gasteiger partial charge in [0.25, 0.3) is 5.69 Å². The molecular formula is C19H25N3O8. The minimum Gasteiger partial charge on any atom is -0.480 e. The van der Waals surface area contributed by atoms with Crippen LogP contribution < -0.4 is 4.90 Å². The highest BCUT2D eigenvalue weighted by Gasteiger charge is 2.39. The second-order valence-corrected chi connectivity index (χ2v) is 7.31. The SMILES string of the molecule is CC(C(=O)O)N(c1ccc([N+](=O)[O-])cc1)C1CCCCC1N(CC(=O)O)CC(=O)O. The molecule has 0 aromatic heterocycles.